The smallest absolute Gasteiger partial charge is 0.0885 e. The second-order valence-corrected chi connectivity index (χ2v) is 4.90. The molecular weight excluding hydrogens is 196 g/mol. The first-order valence-corrected chi connectivity index (χ1v) is 5.45. The van der Waals surface area contributed by atoms with Crippen LogP contribution in [0.1, 0.15) is 26.5 Å². The minimum absolute atomic E-state index is 0.0578. The van der Waals surface area contributed by atoms with E-state index in [1.54, 1.807) is 0 Å². The van der Waals surface area contributed by atoms with Gasteiger partial charge in [-0.15, -0.1) is 0 Å². The first-order valence-electron chi connectivity index (χ1n) is 5.45. The van der Waals surface area contributed by atoms with Crippen LogP contribution < -0.4 is 0 Å². The van der Waals surface area contributed by atoms with E-state index in [9.17, 15) is 0 Å². The summed E-state index contributed by atoms with van der Waals surface area (Å²) in [5.41, 5.74) is 3.11. The Morgan fingerprint density at radius 3 is 2.06 bits per heavy atom. The highest BCUT2D eigenvalue weighted by atomic mass is 14.8. The van der Waals surface area contributed by atoms with E-state index >= 15 is 0 Å². The molecule has 2 rings (SSSR count). The van der Waals surface area contributed by atoms with E-state index in [0.29, 0.717) is 0 Å². The molecule has 82 valence electrons. The molecule has 0 aliphatic carbocycles. The summed E-state index contributed by atoms with van der Waals surface area (Å²) in [6.07, 6.45) is 3.71. The van der Waals surface area contributed by atoms with Crippen molar-refractivity contribution in [2.24, 2.45) is 0 Å². The van der Waals surface area contributed by atoms with Gasteiger partial charge in [-0.3, -0.25) is 9.97 Å². The van der Waals surface area contributed by atoms with Crippen LogP contribution in [-0.2, 0) is 5.41 Å². The molecule has 0 N–H and O–H groups in total. The van der Waals surface area contributed by atoms with Crippen LogP contribution in [-0.4, -0.2) is 9.97 Å². The van der Waals surface area contributed by atoms with Gasteiger partial charge in [0.25, 0.3) is 0 Å². The number of aromatic nitrogens is 2. The van der Waals surface area contributed by atoms with Crippen molar-refractivity contribution in [1.29, 1.82) is 0 Å². The molecule has 0 radical (unpaired) electrons. The van der Waals surface area contributed by atoms with Crippen LogP contribution in [0.4, 0.5) is 0 Å². The van der Waals surface area contributed by atoms with Gasteiger partial charge in [0.1, 0.15) is 0 Å². The number of hydrogen-bond acceptors (Lipinski definition) is 2. The monoisotopic (exact) mass is 212 g/mol. The summed E-state index contributed by atoms with van der Waals surface area (Å²) in [4.78, 5) is 8.92. The standard InChI is InChI=1S/C14H16N2/c1-14(2,3)13-10-15-12(9-16-13)11-7-5-4-6-8-11/h4-10H,1-3H3. The van der Waals surface area contributed by atoms with Gasteiger partial charge in [-0.05, 0) is 0 Å². The Hall–Kier alpha value is -1.70. The molecule has 0 aliphatic rings. The molecule has 0 fully saturated rings. The summed E-state index contributed by atoms with van der Waals surface area (Å²) in [7, 11) is 0. The summed E-state index contributed by atoms with van der Waals surface area (Å²) in [5.74, 6) is 0. The minimum atomic E-state index is 0.0578. The number of rotatable bonds is 1. The number of hydrogen-bond donors (Lipinski definition) is 0. The summed E-state index contributed by atoms with van der Waals surface area (Å²) < 4.78 is 0. The van der Waals surface area contributed by atoms with Gasteiger partial charge in [0.05, 0.1) is 17.6 Å². The molecule has 0 amide bonds. The second-order valence-electron chi connectivity index (χ2n) is 4.90. The third-order valence-corrected chi connectivity index (χ3v) is 2.49. The summed E-state index contributed by atoms with van der Waals surface area (Å²) in [6.45, 7) is 6.41. The van der Waals surface area contributed by atoms with E-state index < -0.39 is 0 Å². The summed E-state index contributed by atoms with van der Waals surface area (Å²) in [5, 5.41) is 0. The lowest BCUT2D eigenvalue weighted by Gasteiger charge is -2.16. The maximum atomic E-state index is 4.46. The Kier molecular flexibility index (Phi) is 2.73. The van der Waals surface area contributed by atoms with Crippen molar-refractivity contribution in [2.75, 3.05) is 0 Å². The number of nitrogens with zero attached hydrogens (tertiary/aromatic N) is 2. The van der Waals surface area contributed by atoms with Gasteiger partial charge in [-0.2, -0.15) is 0 Å². The Morgan fingerprint density at radius 2 is 1.56 bits per heavy atom. The molecule has 16 heavy (non-hydrogen) atoms. The Labute approximate surface area is 96.4 Å². The van der Waals surface area contributed by atoms with E-state index in [1.807, 2.05) is 42.7 Å². The molecule has 2 heteroatoms. The van der Waals surface area contributed by atoms with Gasteiger partial charge in [-0.25, -0.2) is 0 Å². The third kappa shape index (κ3) is 2.27. The van der Waals surface area contributed by atoms with Crippen LogP contribution in [0.25, 0.3) is 11.3 Å². The van der Waals surface area contributed by atoms with Crippen LogP contribution in [0.3, 0.4) is 0 Å². The van der Waals surface area contributed by atoms with Gasteiger partial charge in [0.15, 0.2) is 0 Å². The van der Waals surface area contributed by atoms with E-state index in [0.717, 1.165) is 17.0 Å². The molecule has 2 aromatic rings. The highest BCUT2D eigenvalue weighted by Gasteiger charge is 2.15. The fourth-order valence-electron chi connectivity index (χ4n) is 1.47. The van der Waals surface area contributed by atoms with Crippen LogP contribution in [0.5, 0.6) is 0 Å². The lowest BCUT2D eigenvalue weighted by atomic mass is 9.93. The van der Waals surface area contributed by atoms with Crippen molar-refractivity contribution in [3.63, 3.8) is 0 Å². The van der Waals surface area contributed by atoms with Crippen molar-refractivity contribution < 1.29 is 0 Å². The predicted octanol–water partition coefficient (Wildman–Crippen LogP) is 3.44. The maximum absolute atomic E-state index is 4.46. The predicted molar refractivity (Wildman–Crippen MR) is 66.2 cm³/mol. The van der Waals surface area contributed by atoms with Gasteiger partial charge >= 0.3 is 0 Å². The SMILES string of the molecule is CC(C)(C)c1cnc(-c2ccccc2)cn1. The zero-order valence-corrected chi connectivity index (χ0v) is 9.94. The zero-order valence-electron chi connectivity index (χ0n) is 9.94. The first kappa shape index (κ1) is 10.8. The summed E-state index contributed by atoms with van der Waals surface area (Å²) >= 11 is 0. The molecule has 1 aromatic heterocycles. The van der Waals surface area contributed by atoms with Crippen molar-refractivity contribution >= 4 is 0 Å². The lowest BCUT2D eigenvalue weighted by molar-refractivity contribution is 0.566. The second kappa shape index (κ2) is 4.05. The lowest BCUT2D eigenvalue weighted by Crippen LogP contribution is -2.13. The highest BCUT2D eigenvalue weighted by Crippen LogP contribution is 2.21. The largest absolute Gasteiger partial charge is 0.257 e. The molecule has 0 unspecified atom stereocenters. The fourth-order valence-corrected chi connectivity index (χ4v) is 1.47. The highest BCUT2D eigenvalue weighted by molar-refractivity contribution is 5.57. The molecule has 0 saturated heterocycles. The van der Waals surface area contributed by atoms with Crippen LogP contribution in [0, 0.1) is 0 Å². The molecule has 1 aromatic carbocycles. The minimum Gasteiger partial charge on any atom is -0.257 e. The van der Waals surface area contributed by atoms with E-state index in [1.165, 1.54) is 0 Å². The molecule has 0 bridgehead atoms. The van der Waals surface area contributed by atoms with E-state index in [-0.39, 0.29) is 5.41 Å². The van der Waals surface area contributed by atoms with Crippen molar-refractivity contribution in [3.8, 4) is 11.3 Å². The van der Waals surface area contributed by atoms with Gasteiger partial charge < -0.3 is 0 Å². The third-order valence-electron chi connectivity index (χ3n) is 2.49. The molecule has 2 nitrogen and oxygen atoms in total. The van der Waals surface area contributed by atoms with Crippen LogP contribution in [0.15, 0.2) is 42.7 Å². The van der Waals surface area contributed by atoms with E-state index in [4.69, 9.17) is 0 Å². The molecule has 0 aliphatic heterocycles. The average Bonchev–Trinajstić information content (AvgIpc) is 2.29. The molecule has 0 atom stereocenters. The number of benzene rings is 1. The van der Waals surface area contributed by atoms with Crippen molar-refractivity contribution in [3.05, 3.63) is 48.4 Å². The summed E-state index contributed by atoms with van der Waals surface area (Å²) in [6, 6.07) is 10.1. The average molecular weight is 212 g/mol. The normalized spacial score (nSPS) is 11.4. The Bertz CT molecular complexity index is 452. The fraction of sp³-hybridized carbons (Fsp3) is 0.286. The quantitative estimate of drug-likeness (QED) is 0.723. The first-order chi connectivity index (χ1) is 7.57. The van der Waals surface area contributed by atoms with Gasteiger partial charge in [0, 0.05) is 17.2 Å². The Morgan fingerprint density at radius 1 is 0.875 bits per heavy atom. The maximum Gasteiger partial charge on any atom is 0.0885 e. The Balaban J connectivity index is 2.34. The zero-order chi connectivity index (χ0) is 11.6. The van der Waals surface area contributed by atoms with Gasteiger partial charge in [-0.1, -0.05) is 51.1 Å². The van der Waals surface area contributed by atoms with Crippen molar-refractivity contribution in [1.82, 2.24) is 9.97 Å². The van der Waals surface area contributed by atoms with E-state index in [2.05, 4.69) is 30.7 Å². The van der Waals surface area contributed by atoms with Crippen molar-refractivity contribution in [2.45, 2.75) is 26.2 Å². The molecule has 0 spiro atoms. The van der Waals surface area contributed by atoms with Crippen LogP contribution in [0.2, 0.25) is 0 Å². The van der Waals surface area contributed by atoms with Crippen LogP contribution >= 0.6 is 0 Å². The molecule has 1 heterocycles. The van der Waals surface area contributed by atoms with Gasteiger partial charge in [0.2, 0.25) is 0 Å². The molecule has 0 saturated carbocycles. The topological polar surface area (TPSA) is 25.8 Å². The molecular formula is C14H16N2.